The molecule has 0 N–H and O–H groups in total. The molecule has 0 unspecified atom stereocenters. The first-order valence-corrected chi connectivity index (χ1v) is 4.61. The third kappa shape index (κ3) is 1.19. The highest BCUT2D eigenvalue weighted by molar-refractivity contribution is 5.75. The van der Waals surface area contributed by atoms with Crippen LogP contribution in [0.3, 0.4) is 0 Å². The fraction of sp³-hybridized carbons (Fsp3) is 0.600. The normalized spacial score (nSPS) is 38.1. The molecule has 74 valence electrons. The van der Waals surface area contributed by atoms with E-state index < -0.39 is 0 Å². The molecule has 2 bridgehead atoms. The topological polar surface area (TPSA) is 55.7 Å². The van der Waals surface area contributed by atoms with Gasteiger partial charge in [-0.2, -0.15) is 0 Å². The predicted octanol–water partition coefficient (Wildman–Crippen LogP) is 0.686. The van der Waals surface area contributed by atoms with Crippen molar-refractivity contribution >= 4 is 12.0 Å². The van der Waals surface area contributed by atoms with Crippen molar-refractivity contribution in [1.29, 1.82) is 0 Å². The minimum atomic E-state index is -0.281. The molecule has 2 aliphatic carbocycles. The Labute approximate surface area is 81.7 Å². The van der Waals surface area contributed by atoms with Crippen molar-refractivity contribution in [2.75, 3.05) is 7.11 Å². The lowest BCUT2D eigenvalue weighted by Crippen LogP contribution is -2.31. The van der Waals surface area contributed by atoms with Crippen LogP contribution in [0.2, 0.25) is 0 Å². The van der Waals surface area contributed by atoms with E-state index in [9.17, 15) is 9.59 Å². The van der Waals surface area contributed by atoms with Crippen LogP contribution in [0.25, 0.3) is 0 Å². The number of aliphatic imine (C=N–C) groups is 1. The van der Waals surface area contributed by atoms with Gasteiger partial charge in [-0.25, -0.2) is 9.79 Å². The Balaban J connectivity index is 2.26. The van der Waals surface area contributed by atoms with Crippen LogP contribution in [0.15, 0.2) is 17.1 Å². The predicted molar refractivity (Wildman–Crippen MR) is 48.2 cm³/mol. The second kappa shape index (κ2) is 3.39. The number of carbonyl (C=O) groups excluding carboxylic acids is 2. The monoisotopic (exact) mass is 193 g/mol. The second-order valence-corrected chi connectivity index (χ2v) is 3.71. The summed E-state index contributed by atoms with van der Waals surface area (Å²) in [6.45, 7) is 0. The van der Waals surface area contributed by atoms with Gasteiger partial charge in [-0.3, -0.25) is 4.79 Å². The molecule has 14 heavy (non-hydrogen) atoms. The number of hydrogen-bond donors (Lipinski definition) is 0. The van der Waals surface area contributed by atoms with Gasteiger partial charge in [0.05, 0.1) is 19.1 Å². The van der Waals surface area contributed by atoms with E-state index in [0.29, 0.717) is 0 Å². The Morgan fingerprint density at radius 3 is 2.86 bits per heavy atom. The van der Waals surface area contributed by atoms with Crippen LogP contribution in [0.1, 0.15) is 6.42 Å². The number of hydrogen-bond acceptors (Lipinski definition) is 4. The van der Waals surface area contributed by atoms with Crippen LogP contribution < -0.4 is 0 Å². The number of rotatable bonds is 2. The van der Waals surface area contributed by atoms with E-state index in [4.69, 9.17) is 4.74 Å². The highest BCUT2D eigenvalue weighted by atomic mass is 16.5. The van der Waals surface area contributed by atoms with E-state index in [1.807, 2.05) is 12.2 Å². The van der Waals surface area contributed by atoms with E-state index in [1.165, 1.54) is 13.2 Å². The van der Waals surface area contributed by atoms with Crippen molar-refractivity contribution < 1.29 is 14.3 Å². The molecular weight excluding hydrogens is 182 g/mol. The molecule has 4 nitrogen and oxygen atoms in total. The fourth-order valence-electron chi connectivity index (χ4n) is 2.48. The summed E-state index contributed by atoms with van der Waals surface area (Å²) >= 11 is 0. The van der Waals surface area contributed by atoms with Crippen molar-refractivity contribution in [3.63, 3.8) is 0 Å². The van der Waals surface area contributed by atoms with Gasteiger partial charge in [0.1, 0.15) is 0 Å². The van der Waals surface area contributed by atoms with Crippen LogP contribution >= 0.6 is 0 Å². The SMILES string of the molecule is COC(=O)[C@H]1[C@@H](N=C=O)[C@@H]2C=C[C@H]1C2. The quantitative estimate of drug-likeness (QED) is 0.280. The molecule has 4 atom stereocenters. The molecule has 0 radical (unpaired) electrons. The van der Waals surface area contributed by atoms with E-state index in [-0.39, 0.29) is 29.8 Å². The van der Waals surface area contributed by atoms with Crippen LogP contribution in [-0.2, 0) is 14.3 Å². The average Bonchev–Trinajstić information content (AvgIpc) is 2.77. The Bertz CT molecular complexity index is 330. The van der Waals surface area contributed by atoms with Crippen LogP contribution in [0.4, 0.5) is 0 Å². The van der Waals surface area contributed by atoms with E-state index in [2.05, 4.69) is 4.99 Å². The molecule has 0 saturated heterocycles. The summed E-state index contributed by atoms with van der Waals surface area (Å²) < 4.78 is 4.70. The molecule has 0 aromatic heterocycles. The molecule has 0 spiro atoms. The lowest BCUT2D eigenvalue weighted by Gasteiger charge is -2.20. The maximum Gasteiger partial charge on any atom is 0.311 e. The van der Waals surface area contributed by atoms with Gasteiger partial charge < -0.3 is 4.74 Å². The Kier molecular flexibility index (Phi) is 2.22. The van der Waals surface area contributed by atoms with Crippen LogP contribution in [0, 0.1) is 17.8 Å². The van der Waals surface area contributed by atoms with E-state index in [0.717, 1.165) is 6.42 Å². The molecule has 1 fully saturated rings. The lowest BCUT2D eigenvalue weighted by molar-refractivity contribution is -0.146. The number of carbonyl (C=O) groups is 1. The first-order valence-electron chi connectivity index (χ1n) is 4.61. The number of nitrogens with zero attached hydrogens (tertiary/aromatic N) is 1. The number of methoxy groups -OCH3 is 1. The standard InChI is InChI=1S/C10H11NO3/c1-14-10(13)8-6-2-3-7(4-6)9(8)11-5-12/h2-3,6-9H,4H2,1H3/t6-,7+,8+,9-/m0/s1. The van der Waals surface area contributed by atoms with Crippen LogP contribution in [0.5, 0.6) is 0 Å². The molecule has 1 saturated carbocycles. The summed E-state index contributed by atoms with van der Waals surface area (Å²) in [6, 6.07) is -0.255. The summed E-state index contributed by atoms with van der Waals surface area (Å²) in [4.78, 5) is 25.4. The smallest absolute Gasteiger partial charge is 0.311 e. The molecule has 0 aromatic carbocycles. The number of ether oxygens (including phenoxy) is 1. The Hall–Kier alpha value is -1.41. The minimum Gasteiger partial charge on any atom is -0.469 e. The fourth-order valence-corrected chi connectivity index (χ4v) is 2.48. The summed E-state index contributed by atoms with van der Waals surface area (Å²) in [5, 5.41) is 0. The summed E-state index contributed by atoms with van der Waals surface area (Å²) in [5.74, 6) is -0.151. The largest absolute Gasteiger partial charge is 0.469 e. The van der Waals surface area contributed by atoms with Gasteiger partial charge in [0, 0.05) is 5.92 Å². The molecule has 2 rings (SSSR count). The maximum absolute atomic E-state index is 11.4. The second-order valence-electron chi connectivity index (χ2n) is 3.71. The zero-order chi connectivity index (χ0) is 10.1. The van der Waals surface area contributed by atoms with Gasteiger partial charge in [-0.1, -0.05) is 12.2 Å². The summed E-state index contributed by atoms with van der Waals surface area (Å²) in [6.07, 6.45) is 6.48. The highest BCUT2D eigenvalue weighted by Crippen LogP contribution is 2.45. The van der Waals surface area contributed by atoms with Gasteiger partial charge in [-0.15, -0.1) is 0 Å². The van der Waals surface area contributed by atoms with Crippen LogP contribution in [-0.4, -0.2) is 25.2 Å². The van der Waals surface area contributed by atoms with Gasteiger partial charge in [0.25, 0.3) is 0 Å². The molecule has 0 amide bonds. The minimum absolute atomic E-state index is 0.189. The number of allylic oxidation sites excluding steroid dienone is 1. The molecule has 0 aromatic rings. The first kappa shape index (κ1) is 9.16. The molecule has 4 heteroatoms. The van der Waals surface area contributed by atoms with Crippen molar-refractivity contribution in [1.82, 2.24) is 0 Å². The zero-order valence-corrected chi connectivity index (χ0v) is 7.84. The third-order valence-electron chi connectivity index (χ3n) is 3.09. The maximum atomic E-state index is 11.4. The number of isocyanates is 1. The van der Waals surface area contributed by atoms with Crippen molar-refractivity contribution in [3.8, 4) is 0 Å². The summed E-state index contributed by atoms with van der Waals surface area (Å²) in [5.41, 5.74) is 0. The third-order valence-corrected chi connectivity index (χ3v) is 3.09. The van der Waals surface area contributed by atoms with Gasteiger partial charge in [-0.05, 0) is 12.3 Å². The zero-order valence-electron chi connectivity index (χ0n) is 7.84. The first-order chi connectivity index (χ1) is 6.77. The van der Waals surface area contributed by atoms with Crippen molar-refractivity contribution in [3.05, 3.63) is 12.2 Å². The number of fused-ring (bicyclic) bond motifs is 2. The van der Waals surface area contributed by atoms with Gasteiger partial charge in [0.2, 0.25) is 6.08 Å². The van der Waals surface area contributed by atoms with Gasteiger partial charge in [0.15, 0.2) is 0 Å². The Morgan fingerprint density at radius 1 is 1.50 bits per heavy atom. The summed E-state index contributed by atoms with van der Waals surface area (Å²) in [7, 11) is 1.36. The highest BCUT2D eigenvalue weighted by Gasteiger charge is 2.49. The van der Waals surface area contributed by atoms with E-state index >= 15 is 0 Å². The van der Waals surface area contributed by atoms with E-state index in [1.54, 1.807) is 0 Å². The Morgan fingerprint density at radius 2 is 2.21 bits per heavy atom. The lowest BCUT2D eigenvalue weighted by atomic mass is 9.89. The van der Waals surface area contributed by atoms with Crippen molar-refractivity contribution in [2.45, 2.75) is 12.5 Å². The van der Waals surface area contributed by atoms with Crippen molar-refractivity contribution in [2.24, 2.45) is 22.7 Å². The van der Waals surface area contributed by atoms with Gasteiger partial charge >= 0.3 is 5.97 Å². The molecule has 0 aliphatic heterocycles. The average molecular weight is 193 g/mol. The molecule has 2 aliphatic rings. The number of esters is 1. The molecule has 0 heterocycles. The molecular formula is C10H11NO3.